The van der Waals surface area contributed by atoms with Crippen LogP contribution in [0, 0.1) is 6.92 Å². The predicted molar refractivity (Wildman–Crippen MR) is 432 cm³/mol. The molecule has 0 aliphatic carbocycles. The van der Waals surface area contributed by atoms with Crippen molar-refractivity contribution < 1.29 is 8.83 Å². The monoisotopic (exact) mass is 1310 g/mol. The van der Waals surface area contributed by atoms with Gasteiger partial charge in [0, 0.05) is 64.3 Å². The van der Waals surface area contributed by atoms with E-state index in [1.165, 1.54) is 94.2 Å². The third kappa shape index (κ3) is 14.1. The van der Waals surface area contributed by atoms with E-state index in [1.54, 1.807) is 0 Å². The van der Waals surface area contributed by atoms with E-state index in [9.17, 15) is 0 Å². The van der Waals surface area contributed by atoms with Gasteiger partial charge < -0.3 is 19.1 Å². The molecule has 0 fully saturated rings. The highest BCUT2D eigenvalue weighted by molar-refractivity contribution is 6.10. The fraction of sp³-hybridized carbons (Fsp3) is 0.0103. The first-order chi connectivity index (χ1) is 50.0. The van der Waals surface area contributed by atoms with Crippen LogP contribution < -0.4 is 10.2 Å². The lowest BCUT2D eigenvalue weighted by atomic mass is 9.96. The summed E-state index contributed by atoms with van der Waals surface area (Å²) < 4.78 is 12.5. The molecule has 0 aliphatic heterocycles. The number of nitrogens with one attached hydrogen (secondary N) is 1. The smallest absolute Gasteiger partial charge is 0.137 e. The molecule has 102 heavy (non-hydrogen) atoms. The van der Waals surface area contributed by atoms with Crippen molar-refractivity contribution in [2.45, 2.75) is 6.92 Å². The molecule has 2 heterocycles. The molecule has 0 atom stereocenters. The van der Waals surface area contributed by atoms with E-state index >= 15 is 0 Å². The highest BCUT2D eigenvalue weighted by atomic mass is 16.3. The Balaban J connectivity index is 0.000000136. The molecule has 0 saturated heterocycles. The van der Waals surface area contributed by atoms with Crippen LogP contribution in [0.25, 0.3) is 133 Å². The summed E-state index contributed by atoms with van der Waals surface area (Å²) >= 11 is 0. The molecular formula is C97H70BN2O2. The number of hydrogen-bond donors (Lipinski definition) is 1. The van der Waals surface area contributed by atoms with Gasteiger partial charge >= 0.3 is 0 Å². The van der Waals surface area contributed by atoms with Crippen LogP contribution in [0.2, 0.25) is 0 Å². The second kappa shape index (κ2) is 29.9. The first-order valence-corrected chi connectivity index (χ1v) is 34.3. The van der Waals surface area contributed by atoms with E-state index in [0.29, 0.717) is 0 Å². The van der Waals surface area contributed by atoms with Gasteiger partial charge in [0.25, 0.3) is 0 Å². The zero-order valence-corrected chi connectivity index (χ0v) is 56.4. The first-order valence-electron chi connectivity index (χ1n) is 34.3. The SMILES string of the molecule is Cc1cc2oc3ccccc3c2cc1-c1ccc(-c2ccccc2)cc1.[B].c1ccc(-c2ccc(-c3ccc(N(c4ccccc4)c4cc5oc6ccccc6c5cc4-c4ccc(-c5ccccc5)cc4)cc3)cc2)cc1.c1ccc(Nc2ccc(-c3ccc(-c4ccccc4)cc3)cc2)cc1. The molecule has 5 heteroatoms. The largest absolute Gasteiger partial charge is 0.456 e. The number of anilines is 5. The van der Waals surface area contributed by atoms with Gasteiger partial charge in [-0.1, -0.05) is 315 Å². The third-order valence-electron chi connectivity index (χ3n) is 18.8. The maximum Gasteiger partial charge on any atom is 0.137 e. The minimum absolute atomic E-state index is 0. The zero-order valence-electron chi connectivity index (χ0n) is 56.4. The molecule has 16 aromatic carbocycles. The number of rotatable bonds is 13. The summed E-state index contributed by atoms with van der Waals surface area (Å²) in [7, 11) is 0. The average molecular weight is 1310 g/mol. The van der Waals surface area contributed by atoms with Crippen molar-refractivity contribution >= 4 is 80.7 Å². The molecule has 0 bridgehead atoms. The van der Waals surface area contributed by atoms with Crippen LogP contribution in [0.15, 0.2) is 409 Å². The molecule has 2 aromatic heterocycles. The van der Waals surface area contributed by atoms with Gasteiger partial charge in [0.15, 0.2) is 0 Å². The van der Waals surface area contributed by atoms with E-state index < -0.39 is 0 Å². The van der Waals surface area contributed by atoms with Gasteiger partial charge in [-0.05, 0) is 175 Å². The van der Waals surface area contributed by atoms with Crippen molar-refractivity contribution in [1.82, 2.24) is 0 Å². The van der Waals surface area contributed by atoms with Crippen molar-refractivity contribution in [3.05, 3.63) is 406 Å². The third-order valence-corrected chi connectivity index (χ3v) is 18.8. The Kier molecular flexibility index (Phi) is 19.0. The van der Waals surface area contributed by atoms with Gasteiger partial charge in [0.2, 0.25) is 0 Å². The number of nitrogens with zero attached hydrogens (tertiary/aromatic N) is 1. The quantitative estimate of drug-likeness (QED) is 0.117. The Morgan fingerprint density at radius 1 is 0.216 bits per heavy atom. The van der Waals surface area contributed by atoms with Crippen molar-refractivity contribution in [1.29, 1.82) is 0 Å². The number of furan rings is 2. The van der Waals surface area contributed by atoms with Crippen LogP contribution in [0.1, 0.15) is 5.56 Å². The van der Waals surface area contributed by atoms with Gasteiger partial charge in [-0.25, -0.2) is 0 Å². The fourth-order valence-electron chi connectivity index (χ4n) is 13.5. The zero-order chi connectivity index (χ0) is 67.7. The van der Waals surface area contributed by atoms with E-state index in [0.717, 1.165) is 72.7 Å². The molecule has 1 N–H and O–H groups in total. The first kappa shape index (κ1) is 64.8. The molecule has 0 spiro atoms. The number of benzene rings is 16. The number of aryl methyl sites for hydroxylation is 1. The number of para-hydroxylation sites is 4. The lowest BCUT2D eigenvalue weighted by molar-refractivity contribution is 0.668. The highest BCUT2D eigenvalue weighted by Gasteiger charge is 2.22. The van der Waals surface area contributed by atoms with Crippen molar-refractivity contribution in [2.75, 3.05) is 10.2 Å². The average Bonchev–Trinajstić information content (AvgIpc) is 1.54. The standard InChI is InChI=1S/C48H33NO.C25H18O.C24H19N.B/c1-4-12-34(13-5-1)36-20-22-38(23-21-36)39-28-30-42(31-29-39)49(41-16-8-3-9-17-41)46-33-48-45(43-18-10-11-19-47(43)50-48)32-44(46)40-26-24-37(25-27-40)35-14-6-2-7-15-35;1-17-15-25-23(21-9-5-6-10-24(21)26-25)16-22(17)20-13-11-19(12-14-20)18-7-3-2-4-8-18;1-3-7-19(8-4-1)20-11-13-21(14-12-20)22-15-17-24(18-16-22)25-23-9-5-2-6-10-23;/h1-33H;2-16H,1H3;1-18,25H;. The van der Waals surface area contributed by atoms with Gasteiger partial charge in [0.1, 0.15) is 22.3 Å². The summed E-state index contributed by atoms with van der Waals surface area (Å²) in [4.78, 5) is 2.34. The topological polar surface area (TPSA) is 41.6 Å². The highest BCUT2D eigenvalue weighted by Crippen LogP contribution is 2.46. The lowest BCUT2D eigenvalue weighted by Crippen LogP contribution is -2.11. The molecule has 0 amide bonds. The maximum absolute atomic E-state index is 6.47. The Bertz CT molecular complexity index is 5770. The summed E-state index contributed by atoms with van der Waals surface area (Å²) in [6.07, 6.45) is 0. The predicted octanol–water partition coefficient (Wildman–Crippen LogP) is 27.3. The molecular weight excluding hydrogens is 1240 g/mol. The van der Waals surface area contributed by atoms with Gasteiger partial charge in [-0.2, -0.15) is 0 Å². The van der Waals surface area contributed by atoms with Crippen LogP contribution >= 0.6 is 0 Å². The Labute approximate surface area is 597 Å². The van der Waals surface area contributed by atoms with Crippen LogP contribution in [0.5, 0.6) is 0 Å². The van der Waals surface area contributed by atoms with E-state index in [-0.39, 0.29) is 8.41 Å². The second-order valence-corrected chi connectivity index (χ2v) is 25.3. The normalized spacial score (nSPS) is 10.9. The summed E-state index contributed by atoms with van der Waals surface area (Å²) in [6.45, 7) is 2.15. The molecule has 4 nitrogen and oxygen atoms in total. The number of fused-ring (bicyclic) bond motifs is 6. The summed E-state index contributed by atoms with van der Waals surface area (Å²) in [5.74, 6) is 0. The molecule has 0 saturated carbocycles. The molecule has 0 unspecified atom stereocenters. The molecule has 18 rings (SSSR count). The van der Waals surface area contributed by atoms with Crippen molar-refractivity contribution in [2.24, 2.45) is 0 Å². The van der Waals surface area contributed by atoms with Gasteiger partial charge in [-0.3, -0.25) is 0 Å². The van der Waals surface area contributed by atoms with Crippen LogP contribution in [0.4, 0.5) is 28.4 Å². The summed E-state index contributed by atoms with van der Waals surface area (Å²) in [5.41, 5.74) is 29.6. The molecule has 483 valence electrons. The van der Waals surface area contributed by atoms with Crippen molar-refractivity contribution in [3.8, 4) is 89.0 Å². The number of hydrogen-bond acceptors (Lipinski definition) is 4. The van der Waals surface area contributed by atoms with E-state index in [1.807, 2.05) is 54.6 Å². The van der Waals surface area contributed by atoms with E-state index in [2.05, 4.69) is 363 Å². The van der Waals surface area contributed by atoms with Crippen LogP contribution in [-0.2, 0) is 0 Å². The lowest BCUT2D eigenvalue weighted by Gasteiger charge is -2.28. The summed E-state index contributed by atoms with van der Waals surface area (Å²) in [5, 5.41) is 7.98. The molecule has 3 radical (unpaired) electrons. The molecule has 18 aromatic rings. The van der Waals surface area contributed by atoms with Crippen LogP contribution in [-0.4, -0.2) is 8.41 Å². The Morgan fingerprint density at radius 2 is 0.490 bits per heavy atom. The van der Waals surface area contributed by atoms with E-state index in [4.69, 9.17) is 8.83 Å². The maximum atomic E-state index is 6.47. The minimum Gasteiger partial charge on any atom is -0.456 e. The van der Waals surface area contributed by atoms with Gasteiger partial charge in [-0.15, -0.1) is 0 Å². The molecule has 0 aliphatic rings. The minimum atomic E-state index is 0. The van der Waals surface area contributed by atoms with Crippen molar-refractivity contribution in [3.63, 3.8) is 0 Å². The second-order valence-electron chi connectivity index (χ2n) is 25.3. The van der Waals surface area contributed by atoms with Crippen LogP contribution in [0.3, 0.4) is 0 Å². The fourth-order valence-corrected chi connectivity index (χ4v) is 13.5. The Morgan fingerprint density at radius 3 is 0.892 bits per heavy atom. The Hall–Kier alpha value is -13.2. The van der Waals surface area contributed by atoms with Gasteiger partial charge in [0.05, 0.1) is 5.69 Å². The summed E-state index contributed by atoms with van der Waals surface area (Å²) in [6, 6.07) is 141.